The number of aromatic amines is 1. The van der Waals surface area contributed by atoms with E-state index in [1.165, 1.54) is 28.6 Å². The number of fused-ring (bicyclic) bond motifs is 1. The van der Waals surface area contributed by atoms with Crippen LogP contribution in [0.1, 0.15) is 22.6 Å². The van der Waals surface area contributed by atoms with Crippen LogP contribution in [0.15, 0.2) is 62.7 Å². The monoisotopic (exact) mass is 477 g/mol. The Bertz CT molecular complexity index is 1230. The number of hydrogen-bond acceptors (Lipinski definition) is 4. The van der Waals surface area contributed by atoms with Crippen molar-refractivity contribution in [2.24, 2.45) is 0 Å². The van der Waals surface area contributed by atoms with E-state index < -0.39 is 10.0 Å². The second-order valence-electron chi connectivity index (χ2n) is 6.79. The van der Waals surface area contributed by atoms with Crippen molar-refractivity contribution >= 4 is 26.0 Å². The van der Waals surface area contributed by atoms with Crippen LogP contribution in [-0.4, -0.2) is 29.2 Å². The van der Waals surface area contributed by atoms with Crippen LogP contribution in [0, 0.1) is 5.82 Å². The topological polar surface area (TPSA) is 83.1 Å². The first-order valence-corrected chi connectivity index (χ1v) is 11.2. The Morgan fingerprint density at radius 3 is 2.66 bits per heavy atom. The predicted octanol–water partition coefficient (Wildman–Crippen LogP) is 3.01. The van der Waals surface area contributed by atoms with Crippen LogP contribution in [0.3, 0.4) is 0 Å². The van der Waals surface area contributed by atoms with Gasteiger partial charge in [-0.1, -0.05) is 28.1 Å². The minimum atomic E-state index is -3.71. The van der Waals surface area contributed by atoms with Crippen molar-refractivity contribution in [2.75, 3.05) is 6.54 Å². The fourth-order valence-corrected chi connectivity index (χ4v) is 5.01. The Balaban J connectivity index is 1.60. The second kappa shape index (κ2) is 7.81. The van der Waals surface area contributed by atoms with Crippen molar-refractivity contribution in [2.45, 2.75) is 24.3 Å². The van der Waals surface area contributed by atoms with Crippen molar-refractivity contribution in [3.05, 3.63) is 91.8 Å². The lowest BCUT2D eigenvalue weighted by Gasteiger charge is -2.27. The molecule has 0 atom stereocenters. The number of nitrogens with one attached hydrogen (secondary N) is 1. The van der Waals surface area contributed by atoms with E-state index >= 15 is 0 Å². The maximum atomic E-state index is 13.4. The number of hydrogen-bond donors (Lipinski definition) is 1. The zero-order chi connectivity index (χ0) is 20.6. The van der Waals surface area contributed by atoms with Crippen molar-refractivity contribution in [3.63, 3.8) is 0 Å². The van der Waals surface area contributed by atoms with Crippen LogP contribution in [0.4, 0.5) is 4.39 Å². The lowest BCUT2D eigenvalue weighted by atomic mass is 10.1. The maximum absolute atomic E-state index is 13.4. The first-order chi connectivity index (χ1) is 13.8. The SMILES string of the molecule is O=c1[nH]c(Cc2cccc(F)c2)nc2c1CN(S(=O)(=O)c1ccc(Br)cc1)CC2. The summed E-state index contributed by atoms with van der Waals surface area (Å²) in [7, 11) is -3.71. The van der Waals surface area contributed by atoms with Gasteiger partial charge in [-0.3, -0.25) is 4.79 Å². The van der Waals surface area contributed by atoms with Gasteiger partial charge in [-0.25, -0.2) is 17.8 Å². The van der Waals surface area contributed by atoms with Gasteiger partial charge in [0.05, 0.1) is 16.2 Å². The Kier molecular flexibility index (Phi) is 5.37. The summed E-state index contributed by atoms with van der Waals surface area (Å²) in [5.74, 6) is 0.0835. The summed E-state index contributed by atoms with van der Waals surface area (Å²) in [6.45, 7) is 0.206. The highest BCUT2D eigenvalue weighted by Crippen LogP contribution is 2.24. The molecule has 4 rings (SSSR count). The number of aromatic nitrogens is 2. The predicted molar refractivity (Wildman–Crippen MR) is 110 cm³/mol. The highest BCUT2D eigenvalue weighted by molar-refractivity contribution is 9.10. The van der Waals surface area contributed by atoms with Crippen molar-refractivity contribution in [3.8, 4) is 0 Å². The first-order valence-electron chi connectivity index (χ1n) is 8.94. The maximum Gasteiger partial charge on any atom is 0.255 e. The van der Waals surface area contributed by atoms with E-state index in [4.69, 9.17) is 0 Å². The molecule has 150 valence electrons. The molecule has 1 aromatic heterocycles. The highest BCUT2D eigenvalue weighted by Gasteiger charge is 2.30. The summed E-state index contributed by atoms with van der Waals surface area (Å²) in [5.41, 5.74) is 1.27. The zero-order valence-corrected chi connectivity index (χ0v) is 17.6. The molecule has 0 saturated heterocycles. The molecule has 3 aromatic rings. The Labute approximate surface area is 175 Å². The third-order valence-corrected chi connectivity index (χ3v) is 7.18. The van der Waals surface area contributed by atoms with Gasteiger partial charge in [0.15, 0.2) is 0 Å². The summed E-state index contributed by atoms with van der Waals surface area (Å²) >= 11 is 3.29. The average Bonchev–Trinajstić information content (AvgIpc) is 2.68. The lowest BCUT2D eigenvalue weighted by molar-refractivity contribution is 0.384. The molecule has 1 aliphatic heterocycles. The molecular weight excluding hydrogens is 461 g/mol. The van der Waals surface area contributed by atoms with E-state index in [2.05, 4.69) is 25.9 Å². The minimum Gasteiger partial charge on any atom is -0.310 e. The average molecular weight is 478 g/mol. The van der Waals surface area contributed by atoms with Gasteiger partial charge in [-0.15, -0.1) is 0 Å². The number of benzene rings is 2. The third kappa shape index (κ3) is 4.17. The van der Waals surface area contributed by atoms with E-state index in [0.717, 1.165) is 4.47 Å². The molecule has 29 heavy (non-hydrogen) atoms. The van der Waals surface area contributed by atoms with Crippen LogP contribution in [0.2, 0.25) is 0 Å². The Morgan fingerprint density at radius 2 is 1.93 bits per heavy atom. The van der Waals surface area contributed by atoms with Crippen molar-refractivity contribution in [1.82, 2.24) is 14.3 Å². The fraction of sp³-hybridized carbons (Fsp3) is 0.200. The first kappa shape index (κ1) is 19.9. The van der Waals surface area contributed by atoms with E-state index in [0.29, 0.717) is 35.5 Å². The van der Waals surface area contributed by atoms with Crippen LogP contribution in [0.25, 0.3) is 0 Å². The largest absolute Gasteiger partial charge is 0.310 e. The molecule has 0 aliphatic carbocycles. The number of H-pyrrole nitrogens is 1. The number of sulfonamides is 1. The molecule has 0 spiro atoms. The van der Waals surface area contributed by atoms with Gasteiger partial charge < -0.3 is 4.98 Å². The smallest absolute Gasteiger partial charge is 0.255 e. The van der Waals surface area contributed by atoms with Crippen LogP contribution in [-0.2, 0) is 29.4 Å². The van der Waals surface area contributed by atoms with Gasteiger partial charge in [-0.05, 0) is 42.0 Å². The van der Waals surface area contributed by atoms with Gasteiger partial charge in [0, 0.05) is 30.4 Å². The molecule has 0 saturated carbocycles. The van der Waals surface area contributed by atoms with E-state index in [-0.39, 0.29) is 29.4 Å². The Morgan fingerprint density at radius 1 is 1.17 bits per heavy atom. The molecule has 9 heteroatoms. The van der Waals surface area contributed by atoms with Gasteiger partial charge >= 0.3 is 0 Å². The molecular formula is C20H17BrFN3O3S. The van der Waals surface area contributed by atoms with E-state index in [1.807, 2.05) is 0 Å². The van der Waals surface area contributed by atoms with E-state index in [1.54, 1.807) is 24.3 Å². The molecule has 0 radical (unpaired) electrons. The van der Waals surface area contributed by atoms with Gasteiger partial charge in [-0.2, -0.15) is 4.31 Å². The van der Waals surface area contributed by atoms with Crippen LogP contribution in [0.5, 0.6) is 0 Å². The molecule has 0 amide bonds. The summed E-state index contributed by atoms with van der Waals surface area (Å²) in [6, 6.07) is 12.5. The second-order valence-corrected chi connectivity index (χ2v) is 9.64. The third-order valence-electron chi connectivity index (χ3n) is 4.79. The lowest BCUT2D eigenvalue weighted by Crippen LogP contribution is -2.39. The zero-order valence-electron chi connectivity index (χ0n) is 15.2. The molecule has 6 nitrogen and oxygen atoms in total. The fourth-order valence-electron chi connectivity index (χ4n) is 3.34. The summed E-state index contributed by atoms with van der Waals surface area (Å²) in [4.78, 5) is 20.0. The molecule has 0 unspecified atom stereocenters. The number of rotatable bonds is 4. The molecule has 0 bridgehead atoms. The van der Waals surface area contributed by atoms with Crippen molar-refractivity contribution < 1.29 is 12.8 Å². The van der Waals surface area contributed by atoms with E-state index in [9.17, 15) is 17.6 Å². The molecule has 2 heterocycles. The van der Waals surface area contributed by atoms with Gasteiger partial charge in [0.1, 0.15) is 11.6 Å². The molecule has 2 aromatic carbocycles. The summed E-state index contributed by atoms with van der Waals surface area (Å²) in [6.07, 6.45) is 0.631. The van der Waals surface area contributed by atoms with Crippen LogP contribution >= 0.6 is 15.9 Å². The number of nitrogens with zero attached hydrogens (tertiary/aromatic N) is 2. The molecule has 1 N–H and O–H groups in total. The minimum absolute atomic E-state index is 0.0314. The molecule has 1 aliphatic rings. The highest BCUT2D eigenvalue weighted by atomic mass is 79.9. The molecule has 0 fully saturated rings. The Hall–Kier alpha value is -2.36. The normalized spacial score (nSPS) is 14.6. The summed E-state index contributed by atoms with van der Waals surface area (Å²) < 4.78 is 41.3. The van der Waals surface area contributed by atoms with Crippen molar-refractivity contribution in [1.29, 1.82) is 0 Å². The van der Waals surface area contributed by atoms with Gasteiger partial charge in [0.2, 0.25) is 10.0 Å². The standard InChI is InChI=1S/C20H17BrFN3O3S/c21-14-4-6-16(7-5-14)29(27,28)25-9-8-18-17(12-25)20(26)24-19(23-18)11-13-2-1-3-15(22)10-13/h1-7,10H,8-9,11-12H2,(H,23,24,26). The number of halogens is 2. The summed E-state index contributed by atoms with van der Waals surface area (Å²) in [5, 5.41) is 0. The quantitative estimate of drug-likeness (QED) is 0.625. The van der Waals surface area contributed by atoms with Gasteiger partial charge in [0.25, 0.3) is 5.56 Å². The van der Waals surface area contributed by atoms with Crippen LogP contribution < -0.4 is 5.56 Å².